The molecule has 1 rings (SSSR count). The highest BCUT2D eigenvalue weighted by Gasteiger charge is 2.42. The van der Waals surface area contributed by atoms with Gasteiger partial charge in [0.25, 0.3) is 0 Å². The SMILES string of the molecule is COC(C)(C)CCC(=O)C1CCC(C(F)(F)F)CC1. The number of Topliss-reactive ketones (excluding diaryl/α,β-unsaturated/α-hetero) is 1. The monoisotopic (exact) mass is 280 g/mol. The molecule has 0 aromatic heterocycles. The molecule has 1 fully saturated rings. The number of ether oxygens (including phenoxy) is 1. The van der Waals surface area contributed by atoms with Gasteiger partial charge in [0.15, 0.2) is 0 Å². The summed E-state index contributed by atoms with van der Waals surface area (Å²) in [5, 5.41) is 0. The zero-order valence-corrected chi connectivity index (χ0v) is 11.8. The summed E-state index contributed by atoms with van der Waals surface area (Å²) in [5.41, 5.74) is -0.348. The number of hydrogen-bond donors (Lipinski definition) is 0. The third-order valence-corrected chi connectivity index (χ3v) is 4.17. The normalized spacial score (nSPS) is 25.4. The summed E-state index contributed by atoms with van der Waals surface area (Å²) < 4.78 is 42.8. The zero-order valence-electron chi connectivity index (χ0n) is 11.8. The van der Waals surface area contributed by atoms with Crippen LogP contribution in [0.25, 0.3) is 0 Å². The van der Waals surface area contributed by atoms with Gasteiger partial charge < -0.3 is 4.74 Å². The van der Waals surface area contributed by atoms with Gasteiger partial charge in [0.1, 0.15) is 5.78 Å². The van der Waals surface area contributed by atoms with Gasteiger partial charge in [-0.3, -0.25) is 4.79 Å². The third kappa shape index (κ3) is 5.13. The molecule has 0 aromatic rings. The van der Waals surface area contributed by atoms with E-state index in [0.717, 1.165) is 0 Å². The molecule has 112 valence electrons. The van der Waals surface area contributed by atoms with E-state index < -0.39 is 12.1 Å². The van der Waals surface area contributed by atoms with E-state index in [1.807, 2.05) is 13.8 Å². The molecule has 0 heterocycles. The molecule has 0 radical (unpaired) electrons. The quantitative estimate of drug-likeness (QED) is 0.757. The Kier molecular flexibility index (Phi) is 5.42. The maximum Gasteiger partial charge on any atom is 0.391 e. The second kappa shape index (κ2) is 6.25. The van der Waals surface area contributed by atoms with E-state index in [2.05, 4.69) is 0 Å². The van der Waals surface area contributed by atoms with E-state index in [0.29, 0.717) is 25.7 Å². The highest BCUT2D eigenvalue weighted by molar-refractivity contribution is 5.81. The van der Waals surface area contributed by atoms with Crippen molar-refractivity contribution in [1.82, 2.24) is 0 Å². The Hall–Kier alpha value is -0.580. The van der Waals surface area contributed by atoms with Crippen molar-refractivity contribution in [3.05, 3.63) is 0 Å². The number of methoxy groups -OCH3 is 1. The van der Waals surface area contributed by atoms with Gasteiger partial charge in [0.05, 0.1) is 11.5 Å². The van der Waals surface area contributed by atoms with Crippen molar-refractivity contribution in [1.29, 1.82) is 0 Å². The standard InChI is InChI=1S/C14H23F3O2/c1-13(2,19-3)9-8-12(18)10-4-6-11(7-5-10)14(15,16)17/h10-11H,4-9H2,1-3H3. The van der Waals surface area contributed by atoms with Crippen LogP contribution < -0.4 is 0 Å². The fourth-order valence-corrected chi connectivity index (χ4v) is 2.47. The summed E-state index contributed by atoms with van der Waals surface area (Å²) >= 11 is 0. The molecule has 0 aliphatic heterocycles. The number of rotatable bonds is 5. The molecular formula is C14H23F3O2. The van der Waals surface area contributed by atoms with Gasteiger partial charge in [-0.1, -0.05) is 0 Å². The fourth-order valence-electron chi connectivity index (χ4n) is 2.47. The van der Waals surface area contributed by atoms with Crippen LogP contribution >= 0.6 is 0 Å². The number of alkyl halides is 3. The van der Waals surface area contributed by atoms with Gasteiger partial charge in [-0.15, -0.1) is 0 Å². The van der Waals surface area contributed by atoms with Crippen molar-refractivity contribution in [2.45, 2.75) is 64.1 Å². The molecule has 0 saturated heterocycles. The van der Waals surface area contributed by atoms with Gasteiger partial charge in [-0.25, -0.2) is 0 Å². The van der Waals surface area contributed by atoms with Gasteiger partial charge in [-0.05, 0) is 46.0 Å². The predicted octanol–water partition coefficient (Wildman–Crippen LogP) is 4.13. The Bertz CT molecular complexity index is 302. The average molecular weight is 280 g/mol. The van der Waals surface area contributed by atoms with Crippen LogP contribution in [0.2, 0.25) is 0 Å². The number of carbonyl (C=O) groups is 1. The minimum atomic E-state index is -4.11. The minimum absolute atomic E-state index is 0.0887. The number of carbonyl (C=O) groups excluding carboxylic acids is 1. The topological polar surface area (TPSA) is 26.3 Å². The van der Waals surface area contributed by atoms with Gasteiger partial charge in [0, 0.05) is 19.4 Å². The van der Waals surface area contributed by atoms with Crippen LogP contribution in [0.4, 0.5) is 13.2 Å². The molecule has 19 heavy (non-hydrogen) atoms. The zero-order chi connectivity index (χ0) is 14.7. The molecule has 0 aromatic carbocycles. The molecule has 0 unspecified atom stereocenters. The molecule has 0 bridgehead atoms. The minimum Gasteiger partial charge on any atom is -0.379 e. The lowest BCUT2D eigenvalue weighted by atomic mass is 9.78. The molecule has 2 nitrogen and oxygen atoms in total. The predicted molar refractivity (Wildman–Crippen MR) is 66.8 cm³/mol. The Morgan fingerprint density at radius 3 is 2.11 bits per heavy atom. The van der Waals surface area contributed by atoms with E-state index in [9.17, 15) is 18.0 Å². The van der Waals surface area contributed by atoms with Crippen LogP contribution in [0, 0.1) is 11.8 Å². The maximum atomic E-state index is 12.5. The molecule has 1 saturated carbocycles. The molecule has 1 aliphatic rings. The van der Waals surface area contributed by atoms with Crippen LogP contribution in [0.15, 0.2) is 0 Å². The molecule has 0 amide bonds. The molecular weight excluding hydrogens is 257 g/mol. The first-order chi connectivity index (χ1) is 8.65. The van der Waals surface area contributed by atoms with Crippen molar-refractivity contribution in [3.63, 3.8) is 0 Å². The summed E-state index contributed by atoms with van der Waals surface area (Å²) in [4.78, 5) is 12.0. The lowest BCUT2D eigenvalue weighted by Gasteiger charge is -2.30. The van der Waals surface area contributed by atoms with E-state index in [1.165, 1.54) is 0 Å². The van der Waals surface area contributed by atoms with Gasteiger partial charge in [0.2, 0.25) is 0 Å². The van der Waals surface area contributed by atoms with Crippen LogP contribution in [-0.2, 0) is 9.53 Å². The highest BCUT2D eigenvalue weighted by Crippen LogP contribution is 2.40. The summed E-state index contributed by atoms with van der Waals surface area (Å²) in [6.07, 6.45) is -2.18. The first kappa shape index (κ1) is 16.5. The Balaban J connectivity index is 2.37. The van der Waals surface area contributed by atoms with Crippen LogP contribution in [0.1, 0.15) is 52.4 Å². The highest BCUT2D eigenvalue weighted by atomic mass is 19.4. The largest absolute Gasteiger partial charge is 0.391 e. The maximum absolute atomic E-state index is 12.5. The van der Waals surface area contributed by atoms with Crippen molar-refractivity contribution in [2.75, 3.05) is 7.11 Å². The number of hydrogen-bond acceptors (Lipinski definition) is 2. The summed E-state index contributed by atoms with van der Waals surface area (Å²) in [6, 6.07) is 0. The van der Waals surface area contributed by atoms with Crippen LogP contribution in [-0.4, -0.2) is 24.7 Å². The number of halogens is 3. The number of ketones is 1. The third-order valence-electron chi connectivity index (χ3n) is 4.17. The van der Waals surface area contributed by atoms with Gasteiger partial charge >= 0.3 is 6.18 Å². The average Bonchev–Trinajstić information content (AvgIpc) is 2.35. The molecule has 0 atom stereocenters. The molecule has 0 spiro atoms. The van der Waals surface area contributed by atoms with Crippen LogP contribution in [0.3, 0.4) is 0 Å². The van der Waals surface area contributed by atoms with Crippen LogP contribution in [0.5, 0.6) is 0 Å². The first-order valence-electron chi connectivity index (χ1n) is 6.80. The van der Waals surface area contributed by atoms with E-state index >= 15 is 0 Å². The van der Waals surface area contributed by atoms with E-state index in [-0.39, 0.29) is 30.1 Å². The smallest absolute Gasteiger partial charge is 0.379 e. The Morgan fingerprint density at radius 1 is 1.16 bits per heavy atom. The lowest BCUT2D eigenvalue weighted by molar-refractivity contribution is -0.184. The molecule has 0 N–H and O–H groups in total. The van der Waals surface area contributed by atoms with Gasteiger partial charge in [-0.2, -0.15) is 13.2 Å². The fraction of sp³-hybridized carbons (Fsp3) is 0.929. The summed E-state index contributed by atoms with van der Waals surface area (Å²) in [6.45, 7) is 3.81. The summed E-state index contributed by atoms with van der Waals surface area (Å²) in [7, 11) is 1.60. The van der Waals surface area contributed by atoms with Crippen molar-refractivity contribution in [3.8, 4) is 0 Å². The Morgan fingerprint density at radius 2 is 1.68 bits per heavy atom. The Labute approximate surface area is 112 Å². The van der Waals surface area contributed by atoms with Crippen molar-refractivity contribution < 1.29 is 22.7 Å². The second-order valence-electron chi connectivity index (χ2n) is 6.02. The van der Waals surface area contributed by atoms with E-state index in [4.69, 9.17) is 4.74 Å². The lowest BCUT2D eigenvalue weighted by Crippen LogP contribution is -2.31. The summed E-state index contributed by atoms with van der Waals surface area (Å²) in [5.74, 6) is -1.32. The first-order valence-corrected chi connectivity index (χ1v) is 6.80. The van der Waals surface area contributed by atoms with Crippen molar-refractivity contribution in [2.24, 2.45) is 11.8 Å². The van der Waals surface area contributed by atoms with Crippen molar-refractivity contribution >= 4 is 5.78 Å². The second-order valence-corrected chi connectivity index (χ2v) is 6.02. The molecule has 5 heteroatoms. The van der Waals surface area contributed by atoms with E-state index in [1.54, 1.807) is 7.11 Å². The molecule has 1 aliphatic carbocycles.